The maximum absolute atomic E-state index is 12.4. The fourth-order valence-electron chi connectivity index (χ4n) is 2.66. The van der Waals surface area contributed by atoms with Crippen LogP contribution in [0.25, 0.3) is 0 Å². The molecule has 122 valence electrons. The van der Waals surface area contributed by atoms with Gasteiger partial charge in [-0.3, -0.25) is 4.90 Å². The topological polar surface area (TPSA) is 32.3 Å². The van der Waals surface area contributed by atoms with Crippen molar-refractivity contribution in [3.63, 3.8) is 0 Å². The Kier molecular flexibility index (Phi) is 4.49. The Bertz CT molecular complexity index is 525. The summed E-state index contributed by atoms with van der Waals surface area (Å²) in [7, 11) is 0. The Morgan fingerprint density at radius 1 is 1.18 bits per heavy atom. The number of hydrogen-bond acceptors (Lipinski definition) is 5. The third-order valence-corrected chi connectivity index (χ3v) is 4.54. The van der Waals surface area contributed by atoms with Crippen LogP contribution in [0.2, 0.25) is 0 Å². The molecule has 0 unspecified atom stereocenters. The van der Waals surface area contributed by atoms with E-state index in [0.29, 0.717) is 32.1 Å². The number of piperazine rings is 1. The fourth-order valence-corrected chi connectivity index (χ4v) is 3.04. The van der Waals surface area contributed by atoms with Gasteiger partial charge in [0.1, 0.15) is 5.82 Å². The first-order valence-corrected chi connectivity index (χ1v) is 8.64. The molecule has 0 radical (unpaired) electrons. The average Bonchev–Trinajstić information content (AvgIpc) is 3.30. The zero-order chi connectivity index (χ0) is 15.7. The molecule has 0 amide bonds. The molecule has 4 nitrogen and oxygen atoms in total. The molecule has 3 rings (SSSR count). The second kappa shape index (κ2) is 6.23. The monoisotopic (exact) mass is 332 g/mol. The molecule has 1 aliphatic heterocycles. The Morgan fingerprint density at radius 3 is 2.41 bits per heavy atom. The van der Waals surface area contributed by atoms with Gasteiger partial charge in [0.2, 0.25) is 0 Å². The minimum atomic E-state index is -4.12. The largest absolute Gasteiger partial charge is 0.401 e. The van der Waals surface area contributed by atoms with Crippen LogP contribution in [0, 0.1) is 0 Å². The molecule has 2 heterocycles. The van der Waals surface area contributed by atoms with Gasteiger partial charge in [-0.05, 0) is 19.1 Å². The first kappa shape index (κ1) is 15.9. The highest BCUT2D eigenvalue weighted by atomic mass is 32.2. The van der Waals surface area contributed by atoms with Gasteiger partial charge in [-0.15, -0.1) is 0 Å². The second-order valence-corrected chi connectivity index (χ2v) is 6.56. The summed E-state index contributed by atoms with van der Waals surface area (Å²) in [5, 5.41) is 0.747. The summed E-state index contributed by atoms with van der Waals surface area (Å²) in [6.07, 6.45) is 0.159. The molecule has 1 saturated carbocycles. The maximum atomic E-state index is 12.4. The molecule has 0 bridgehead atoms. The van der Waals surface area contributed by atoms with Gasteiger partial charge in [0, 0.05) is 38.2 Å². The van der Waals surface area contributed by atoms with Crippen molar-refractivity contribution in [1.29, 1.82) is 0 Å². The molecular weight excluding hydrogens is 313 g/mol. The predicted molar refractivity (Wildman–Crippen MR) is 80.5 cm³/mol. The zero-order valence-corrected chi connectivity index (χ0v) is 13.3. The van der Waals surface area contributed by atoms with Crippen LogP contribution in [0.4, 0.5) is 19.0 Å². The smallest absolute Gasteiger partial charge is 0.354 e. The lowest BCUT2D eigenvalue weighted by Crippen LogP contribution is -2.49. The number of rotatable bonds is 4. The van der Waals surface area contributed by atoms with Crippen molar-refractivity contribution < 1.29 is 13.2 Å². The van der Waals surface area contributed by atoms with Crippen LogP contribution in [0.5, 0.6) is 0 Å². The van der Waals surface area contributed by atoms with Crippen LogP contribution in [-0.4, -0.2) is 60.0 Å². The third-order valence-electron chi connectivity index (χ3n) is 3.99. The SMILES string of the molecule is CSc1nc(C2CC2)cc(N2CCN(CC(F)(F)F)CC2)n1. The molecule has 0 N–H and O–H groups in total. The van der Waals surface area contributed by atoms with Crippen LogP contribution < -0.4 is 4.90 Å². The number of alkyl halides is 3. The molecular formula is C14H19F3N4S. The van der Waals surface area contributed by atoms with E-state index in [1.165, 1.54) is 29.5 Å². The van der Waals surface area contributed by atoms with Crippen molar-refractivity contribution in [1.82, 2.24) is 14.9 Å². The van der Waals surface area contributed by atoms with Crippen molar-refractivity contribution in [2.24, 2.45) is 0 Å². The van der Waals surface area contributed by atoms with E-state index < -0.39 is 12.7 Å². The van der Waals surface area contributed by atoms with Gasteiger partial charge in [-0.2, -0.15) is 13.2 Å². The summed E-state index contributed by atoms with van der Waals surface area (Å²) in [5.74, 6) is 1.40. The third kappa shape index (κ3) is 4.04. The standard InChI is InChI=1S/C14H19F3N4S/c1-22-13-18-11(10-2-3-10)8-12(19-13)21-6-4-20(5-7-21)9-14(15,16)17/h8,10H,2-7,9H2,1H3. The van der Waals surface area contributed by atoms with Gasteiger partial charge in [-0.25, -0.2) is 9.97 Å². The van der Waals surface area contributed by atoms with E-state index in [9.17, 15) is 13.2 Å². The van der Waals surface area contributed by atoms with E-state index in [1.807, 2.05) is 12.3 Å². The molecule has 0 aromatic carbocycles. The average molecular weight is 332 g/mol. The summed E-state index contributed by atoms with van der Waals surface area (Å²) in [6.45, 7) is 1.15. The summed E-state index contributed by atoms with van der Waals surface area (Å²) < 4.78 is 37.3. The Labute approximate surface area is 132 Å². The van der Waals surface area contributed by atoms with E-state index in [4.69, 9.17) is 0 Å². The minimum absolute atomic E-state index is 0.414. The van der Waals surface area contributed by atoms with Crippen LogP contribution >= 0.6 is 11.8 Å². The van der Waals surface area contributed by atoms with Crippen LogP contribution in [-0.2, 0) is 0 Å². The first-order valence-electron chi connectivity index (χ1n) is 7.41. The Balaban J connectivity index is 1.66. The molecule has 0 atom stereocenters. The van der Waals surface area contributed by atoms with Crippen molar-refractivity contribution in [3.8, 4) is 0 Å². The molecule has 1 aromatic rings. The summed E-state index contributed by atoms with van der Waals surface area (Å²) in [5.41, 5.74) is 1.08. The van der Waals surface area contributed by atoms with Crippen molar-refractivity contribution >= 4 is 17.6 Å². The predicted octanol–water partition coefficient (Wildman–Crippen LogP) is 2.76. The van der Waals surface area contributed by atoms with Gasteiger partial charge in [-0.1, -0.05) is 11.8 Å². The molecule has 0 spiro atoms. The normalized spacial score (nSPS) is 20.5. The summed E-state index contributed by atoms with van der Waals surface area (Å²) in [4.78, 5) is 12.6. The highest BCUT2D eigenvalue weighted by Gasteiger charge is 2.33. The van der Waals surface area contributed by atoms with E-state index in [0.717, 1.165) is 16.7 Å². The first-order chi connectivity index (χ1) is 10.4. The van der Waals surface area contributed by atoms with Crippen molar-refractivity contribution in [2.75, 3.05) is 43.9 Å². The number of anilines is 1. The zero-order valence-electron chi connectivity index (χ0n) is 12.4. The molecule has 1 aromatic heterocycles. The van der Waals surface area contributed by atoms with Crippen LogP contribution in [0.1, 0.15) is 24.5 Å². The van der Waals surface area contributed by atoms with E-state index in [2.05, 4.69) is 14.9 Å². The quantitative estimate of drug-likeness (QED) is 0.625. The van der Waals surface area contributed by atoms with Gasteiger partial charge < -0.3 is 4.90 Å². The molecule has 2 fully saturated rings. The van der Waals surface area contributed by atoms with Gasteiger partial charge in [0.25, 0.3) is 0 Å². The Morgan fingerprint density at radius 2 is 1.86 bits per heavy atom. The van der Waals surface area contributed by atoms with Crippen molar-refractivity contribution in [3.05, 3.63) is 11.8 Å². The van der Waals surface area contributed by atoms with Crippen LogP contribution in [0.15, 0.2) is 11.2 Å². The lowest BCUT2D eigenvalue weighted by atomic mass is 10.2. The van der Waals surface area contributed by atoms with Gasteiger partial charge >= 0.3 is 6.18 Å². The minimum Gasteiger partial charge on any atom is -0.354 e. The fraction of sp³-hybridized carbons (Fsp3) is 0.714. The van der Waals surface area contributed by atoms with E-state index in [-0.39, 0.29) is 0 Å². The number of halogens is 3. The van der Waals surface area contributed by atoms with E-state index in [1.54, 1.807) is 0 Å². The molecule has 2 aliphatic rings. The van der Waals surface area contributed by atoms with Gasteiger partial charge in [0.05, 0.1) is 12.2 Å². The van der Waals surface area contributed by atoms with Gasteiger partial charge in [0.15, 0.2) is 5.16 Å². The van der Waals surface area contributed by atoms with Crippen LogP contribution in [0.3, 0.4) is 0 Å². The van der Waals surface area contributed by atoms with Crippen molar-refractivity contribution in [2.45, 2.75) is 30.1 Å². The second-order valence-electron chi connectivity index (χ2n) is 5.79. The lowest BCUT2D eigenvalue weighted by molar-refractivity contribution is -0.146. The number of nitrogens with zero attached hydrogens (tertiary/aromatic N) is 4. The number of aromatic nitrogens is 2. The Hall–Kier alpha value is -1.02. The van der Waals surface area contributed by atoms with E-state index >= 15 is 0 Å². The molecule has 1 aliphatic carbocycles. The number of hydrogen-bond donors (Lipinski definition) is 0. The molecule has 22 heavy (non-hydrogen) atoms. The highest BCUT2D eigenvalue weighted by molar-refractivity contribution is 7.98. The summed E-state index contributed by atoms with van der Waals surface area (Å²) in [6, 6.07) is 2.01. The molecule has 1 saturated heterocycles. The maximum Gasteiger partial charge on any atom is 0.401 e. The molecule has 8 heteroatoms. The summed E-state index contributed by atoms with van der Waals surface area (Å²) >= 11 is 1.51. The highest BCUT2D eigenvalue weighted by Crippen LogP contribution is 2.40. The lowest BCUT2D eigenvalue weighted by Gasteiger charge is -2.35. The number of thioether (sulfide) groups is 1.